The average molecular weight is 479 g/mol. The molecule has 0 amide bonds. The van der Waals surface area contributed by atoms with Crippen LogP contribution in [0.3, 0.4) is 0 Å². The molecule has 35 heavy (non-hydrogen) atoms. The zero-order chi connectivity index (χ0) is 25.5. The summed E-state index contributed by atoms with van der Waals surface area (Å²) in [4.78, 5) is 39.9. The molecule has 0 radical (unpaired) electrons. The Labute approximate surface area is 206 Å². The van der Waals surface area contributed by atoms with Gasteiger partial charge in [-0.15, -0.1) is 0 Å². The highest BCUT2D eigenvalue weighted by molar-refractivity contribution is 5.96. The summed E-state index contributed by atoms with van der Waals surface area (Å²) >= 11 is 0. The topological polar surface area (TPSA) is 89.9 Å². The van der Waals surface area contributed by atoms with Crippen LogP contribution >= 0.6 is 0 Å². The molecule has 0 unspecified atom stereocenters. The average Bonchev–Trinajstić information content (AvgIpc) is 3.29. The third kappa shape index (κ3) is 3.08. The van der Waals surface area contributed by atoms with Crippen LogP contribution < -0.4 is 0 Å². The van der Waals surface area contributed by atoms with Crippen molar-refractivity contribution < 1.29 is 29.0 Å². The highest BCUT2D eigenvalue weighted by Crippen LogP contribution is 2.71. The van der Waals surface area contributed by atoms with E-state index in [0.29, 0.717) is 22.6 Å². The van der Waals surface area contributed by atoms with E-state index in [-0.39, 0.29) is 23.0 Å². The maximum atomic E-state index is 14.5. The Balaban J connectivity index is 1.68. The maximum absolute atomic E-state index is 14.5. The summed E-state index contributed by atoms with van der Waals surface area (Å²) in [6.45, 7) is 11.3. The third-order valence-corrected chi connectivity index (χ3v) is 9.33. The number of allylic oxidation sites excluding steroid dienone is 1. The van der Waals surface area contributed by atoms with Crippen molar-refractivity contribution in [1.82, 2.24) is 0 Å². The number of hydrogen-bond acceptors (Lipinski definition) is 6. The van der Waals surface area contributed by atoms with Crippen LogP contribution in [-0.2, 0) is 19.1 Å². The molecule has 6 nitrogen and oxygen atoms in total. The molecular formula is C29H34O6. The molecule has 1 N–H and O–H groups in total. The van der Waals surface area contributed by atoms with Gasteiger partial charge in [0.05, 0.1) is 11.0 Å². The van der Waals surface area contributed by atoms with Gasteiger partial charge in [-0.1, -0.05) is 51.1 Å². The Morgan fingerprint density at radius 2 is 1.66 bits per heavy atom. The molecule has 1 spiro atoms. The Kier molecular flexibility index (Phi) is 5.23. The quantitative estimate of drug-likeness (QED) is 0.515. The first-order chi connectivity index (χ1) is 16.4. The summed E-state index contributed by atoms with van der Waals surface area (Å²) in [5.41, 5.74) is -1.74. The standard InChI is InChI=1S/C29H34O6/c1-15-12-20-22-21(27(22,5)6)13-17(3)28(23(20)31)14-16(2)25(29(28,33)24(15)34-18(4)30)35-26(32)19-10-8-7-9-11-19/h7-12,14,17,20-22,24-25,33H,13H2,1-6H3/t17-,20-,21-,22+,24+,25+,28+,29-/m1/s1. The Morgan fingerprint density at radius 1 is 1.03 bits per heavy atom. The Hall–Kier alpha value is -2.73. The zero-order valence-corrected chi connectivity index (χ0v) is 21.2. The second-order valence-corrected chi connectivity index (χ2v) is 11.6. The molecule has 8 atom stereocenters. The normalized spacial score (nSPS) is 40.8. The van der Waals surface area contributed by atoms with Crippen LogP contribution in [0.5, 0.6) is 0 Å². The molecule has 6 heteroatoms. The lowest BCUT2D eigenvalue weighted by Crippen LogP contribution is -2.66. The van der Waals surface area contributed by atoms with Crippen LogP contribution in [-0.4, -0.2) is 40.6 Å². The minimum Gasteiger partial charge on any atom is -0.455 e. The number of carbonyl (C=O) groups excluding carboxylic acids is 3. The summed E-state index contributed by atoms with van der Waals surface area (Å²) < 4.78 is 11.7. The first-order valence-electron chi connectivity index (χ1n) is 12.4. The Morgan fingerprint density at radius 3 is 2.29 bits per heavy atom. The molecule has 4 aliphatic carbocycles. The van der Waals surface area contributed by atoms with Crippen molar-refractivity contribution in [3.63, 3.8) is 0 Å². The van der Waals surface area contributed by atoms with Gasteiger partial charge in [0.25, 0.3) is 0 Å². The summed E-state index contributed by atoms with van der Waals surface area (Å²) in [6, 6.07) is 8.56. The van der Waals surface area contributed by atoms with Gasteiger partial charge in [0.1, 0.15) is 0 Å². The molecule has 4 aliphatic rings. The van der Waals surface area contributed by atoms with E-state index >= 15 is 0 Å². The number of hydrogen-bond donors (Lipinski definition) is 1. The van der Waals surface area contributed by atoms with E-state index in [1.807, 2.05) is 19.1 Å². The van der Waals surface area contributed by atoms with Crippen molar-refractivity contribution in [1.29, 1.82) is 0 Å². The van der Waals surface area contributed by atoms with Crippen LogP contribution in [0.2, 0.25) is 0 Å². The fourth-order valence-electron chi connectivity index (χ4n) is 7.65. The third-order valence-electron chi connectivity index (χ3n) is 9.33. The van der Waals surface area contributed by atoms with Crippen molar-refractivity contribution in [3.8, 4) is 0 Å². The molecular weight excluding hydrogens is 444 g/mol. The van der Waals surface area contributed by atoms with Crippen LogP contribution in [0.15, 0.2) is 53.6 Å². The number of Topliss-reactive ketones (excluding diaryl/α,β-unsaturated/α-hetero) is 1. The van der Waals surface area contributed by atoms with Gasteiger partial charge in [-0.3, -0.25) is 9.59 Å². The van der Waals surface area contributed by atoms with Crippen molar-refractivity contribution in [2.45, 2.75) is 65.8 Å². The molecule has 0 aromatic heterocycles. The van der Waals surface area contributed by atoms with E-state index in [0.717, 1.165) is 6.42 Å². The van der Waals surface area contributed by atoms with Gasteiger partial charge in [-0.2, -0.15) is 0 Å². The van der Waals surface area contributed by atoms with Crippen LogP contribution in [0.4, 0.5) is 0 Å². The van der Waals surface area contributed by atoms with Gasteiger partial charge in [-0.05, 0) is 66.7 Å². The van der Waals surface area contributed by atoms with Crippen LogP contribution in [0, 0.1) is 34.5 Å². The lowest BCUT2D eigenvalue weighted by Gasteiger charge is -2.49. The minimum atomic E-state index is -1.96. The predicted molar refractivity (Wildman–Crippen MR) is 129 cm³/mol. The predicted octanol–water partition coefficient (Wildman–Crippen LogP) is 4.28. The fraction of sp³-hybridized carbons (Fsp3) is 0.552. The molecule has 1 aromatic rings. The first kappa shape index (κ1) is 24.0. The highest BCUT2D eigenvalue weighted by Gasteiger charge is 2.77. The maximum Gasteiger partial charge on any atom is 0.338 e. The van der Waals surface area contributed by atoms with E-state index in [1.54, 1.807) is 44.2 Å². The van der Waals surface area contributed by atoms with Crippen LogP contribution in [0.1, 0.15) is 58.3 Å². The van der Waals surface area contributed by atoms with Gasteiger partial charge >= 0.3 is 11.9 Å². The summed E-state index contributed by atoms with van der Waals surface area (Å²) in [5.74, 6) is -1.38. The summed E-state index contributed by atoms with van der Waals surface area (Å²) in [5, 5.41) is 12.7. The van der Waals surface area contributed by atoms with E-state index in [4.69, 9.17) is 9.47 Å². The van der Waals surface area contributed by atoms with E-state index < -0.39 is 41.1 Å². The van der Waals surface area contributed by atoms with Gasteiger partial charge in [0, 0.05) is 12.8 Å². The van der Waals surface area contributed by atoms with Gasteiger partial charge in [-0.25, -0.2) is 4.79 Å². The number of fused-ring (bicyclic) bond motifs is 3. The molecule has 0 aliphatic heterocycles. The lowest BCUT2D eigenvalue weighted by atomic mass is 9.59. The molecule has 1 aromatic carbocycles. The second kappa shape index (κ2) is 7.63. The van der Waals surface area contributed by atoms with Gasteiger partial charge in [0.15, 0.2) is 23.6 Å². The summed E-state index contributed by atoms with van der Waals surface area (Å²) in [6.07, 6.45) is 2.20. The Bertz CT molecular complexity index is 1160. The van der Waals surface area contributed by atoms with Gasteiger partial charge < -0.3 is 14.6 Å². The highest BCUT2D eigenvalue weighted by atomic mass is 16.6. The number of rotatable bonds is 3. The van der Waals surface area contributed by atoms with Crippen molar-refractivity contribution in [2.75, 3.05) is 0 Å². The number of carbonyl (C=O) groups is 3. The molecule has 2 fully saturated rings. The molecule has 5 rings (SSSR count). The van der Waals surface area contributed by atoms with Crippen molar-refractivity contribution in [3.05, 3.63) is 59.2 Å². The zero-order valence-electron chi connectivity index (χ0n) is 21.2. The smallest absolute Gasteiger partial charge is 0.338 e. The monoisotopic (exact) mass is 478 g/mol. The number of ketones is 1. The van der Waals surface area contributed by atoms with Crippen molar-refractivity contribution in [2.24, 2.45) is 34.5 Å². The number of esters is 2. The van der Waals surface area contributed by atoms with Crippen molar-refractivity contribution >= 4 is 17.7 Å². The molecule has 2 bridgehead atoms. The largest absolute Gasteiger partial charge is 0.455 e. The second-order valence-electron chi connectivity index (χ2n) is 11.6. The molecule has 2 saturated carbocycles. The fourth-order valence-corrected chi connectivity index (χ4v) is 7.65. The van der Waals surface area contributed by atoms with E-state index in [1.165, 1.54) is 6.92 Å². The number of benzene rings is 1. The molecule has 0 saturated heterocycles. The van der Waals surface area contributed by atoms with Crippen LogP contribution in [0.25, 0.3) is 0 Å². The SMILES string of the molecule is CC(=O)O[C@H]1C(C)=C[C@H]2C(=O)[C@]3(C=C(C)[C@H](OC(=O)c4ccccc4)[C@]13O)[C@H](C)C[C@@H]1[C@H]2C1(C)C. The van der Waals surface area contributed by atoms with Gasteiger partial charge in [0.2, 0.25) is 0 Å². The molecule has 0 heterocycles. The number of aliphatic hydroxyl groups is 1. The molecule has 186 valence electrons. The summed E-state index contributed by atoms with van der Waals surface area (Å²) in [7, 11) is 0. The van der Waals surface area contributed by atoms with E-state index in [2.05, 4.69) is 13.8 Å². The minimum absolute atomic E-state index is 0.0168. The van der Waals surface area contributed by atoms with E-state index in [9.17, 15) is 19.5 Å². The number of ether oxygens (including phenoxy) is 2. The lowest BCUT2D eigenvalue weighted by molar-refractivity contribution is -0.202. The first-order valence-corrected chi connectivity index (χ1v) is 12.4.